The zero-order valence-corrected chi connectivity index (χ0v) is 15.7. The molecule has 3 aromatic rings. The van der Waals surface area contributed by atoms with Crippen LogP contribution in [0.4, 0.5) is 5.69 Å². The maximum Gasteiger partial charge on any atom is 0.270 e. The Morgan fingerprint density at radius 2 is 1.81 bits per heavy atom. The summed E-state index contributed by atoms with van der Waals surface area (Å²) < 4.78 is 11.3. The summed E-state index contributed by atoms with van der Waals surface area (Å²) in [6.07, 6.45) is 1.91. The van der Waals surface area contributed by atoms with Crippen molar-refractivity contribution < 1.29 is 14.3 Å². The number of anilines is 1. The van der Waals surface area contributed by atoms with E-state index in [1.54, 1.807) is 17.0 Å². The number of fused-ring (bicyclic) bond motifs is 2. The number of carbonyl (C=O) groups is 1. The van der Waals surface area contributed by atoms with Crippen LogP contribution >= 0.6 is 24.0 Å². The zero-order chi connectivity index (χ0) is 18.4. The van der Waals surface area contributed by atoms with Crippen LogP contribution in [0, 0.1) is 0 Å². The molecule has 3 aromatic carbocycles. The molecule has 27 heavy (non-hydrogen) atoms. The topological polar surface area (TPSA) is 38.8 Å². The molecule has 4 nitrogen and oxygen atoms in total. The van der Waals surface area contributed by atoms with E-state index in [2.05, 4.69) is 18.2 Å². The molecular weight excluding hydrogens is 378 g/mol. The van der Waals surface area contributed by atoms with Crippen molar-refractivity contribution in [1.29, 1.82) is 0 Å². The molecule has 2 aliphatic heterocycles. The molecule has 0 N–H and O–H groups in total. The smallest absolute Gasteiger partial charge is 0.270 e. The molecule has 0 aliphatic carbocycles. The van der Waals surface area contributed by atoms with Gasteiger partial charge in [0.05, 0.1) is 10.6 Å². The van der Waals surface area contributed by atoms with Crippen molar-refractivity contribution >= 4 is 56.7 Å². The van der Waals surface area contributed by atoms with E-state index in [1.807, 2.05) is 36.4 Å². The minimum atomic E-state index is -0.128. The molecule has 132 valence electrons. The Morgan fingerprint density at radius 3 is 2.74 bits per heavy atom. The monoisotopic (exact) mass is 391 g/mol. The average Bonchev–Trinajstić information content (AvgIpc) is 3.26. The predicted molar refractivity (Wildman–Crippen MR) is 112 cm³/mol. The van der Waals surface area contributed by atoms with Gasteiger partial charge in [0.25, 0.3) is 5.91 Å². The van der Waals surface area contributed by atoms with Crippen molar-refractivity contribution in [2.24, 2.45) is 0 Å². The zero-order valence-electron chi connectivity index (χ0n) is 14.0. The summed E-state index contributed by atoms with van der Waals surface area (Å²) in [6, 6.07) is 19.6. The van der Waals surface area contributed by atoms with Gasteiger partial charge in [-0.25, -0.2) is 0 Å². The second-order valence-corrected chi connectivity index (χ2v) is 7.80. The summed E-state index contributed by atoms with van der Waals surface area (Å²) in [5.41, 5.74) is 1.68. The van der Waals surface area contributed by atoms with Crippen molar-refractivity contribution in [1.82, 2.24) is 0 Å². The van der Waals surface area contributed by atoms with Gasteiger partial charge in [-0.1, -0.05) is 66.4 Å². The first-order valence-corrected chi connectivity index (χ1v) is 9.58. The molecule has 0 aromatic heterocycles. The number of nitrogens with zero attached hydrogens (tertiary/aromatic N) is 1. The fourth-order valence-corrected chi connectivity index (χ4v) is 4.52. The van der Waals surface area contributed by atoms with Crippen LogP contribution < -0.4 is 14.4 Å². The normalized spacial score (nSPS) is 17.3. The van der Waals surface area contributed by atoms with Crippen LogP contribution in [0.15, 0.2) is 65.6 Å². The summed E-state index contributed by atoms with van der Waals surface area (Å²) in [5.74, 6) is 1.17. The number of hydrogen-bond acceptors (Lipinski definition) is 5. The molecule has 0 unspecified atom stereocenters. The molecule has 6 heteroatoms. The third-order valence-corrected chi connectivity index (χ3v) is 5.82. The largest absolute Gasteiger partial charge is 0.454 e. The molecule has 1 saturated heterocycles. The van der Waals surface area contributed by atoms with E-state index in [0.717, 1.165) is 16.3 Å². The van der Waals surface area contributed by atoms with E-state index >= 15 is 0 Å². The molecule has 1 amide bonds. The van der Waals surface area contributed by atoms with Crippen LogP contribution in [-0.4, -0.2) is 17.0 Å². The van der Waals surface area contributed by atoms with Crippen molar-refractivity contribution in [3.63, 3.8) is 0 Å². The van der Waals surface area contributed by atoms with Crippen LogP contribution in [0.5, 0.6) is 11.5 Å². The van der Waals surface area contributed by atoms with Gasteiger partial charge >= 0.3 is 0 Å². The van der Waals surface area contributed by atoms with E-state index in [0.29, 0.717) is 26.4 Å². The van der Waals surface area contributed by atoms with E-state index < -0.39 is 0 Å². The fraction of sp³-hybridized carbons (Fsp3) is 0.0476. The minimum absolute atomic E-state index is 0.128. The summed E-state index contributed by atoms with van der Waals surface area (Å²) in [6.45, 7) is 0.193. The molecule has 0 atom stereocenters. The van der Waals surface area contributed by atoms with Gasteiger partial charge in [-0.2, -0.15) is 0 Å². The number of rotatable bonds is 2. The fourth-order valence-electron chi connectivity index (χ4n) is 3.23. The highest BCUT2D eigenvalue weighted by Crippen LogP contribution is 2.41. The van der Waals surface area contributed by atoms with E-state index in [1.165, 1.54) is 11.8 Å². The first-order valence-electron chi connectivity index (χ1n) is 8.36. The van der Waals surface area contributed by atoms with Crippen LogP contribution in [0.1, 0.15) is 5.56 Å². The number of amides is 1. The Hall–Kier alpha value is -2.83. The van der Waals surface area contributed by atoms with Crippen LogP contribution in [0.25, 0.3) is 16.8 Å². The van der Waals surface area contributed by atoms with Gasteiger partial charge < -0.3 is 9.47 Å². The standard InChI is InChI=1S/C21H13NO3S2/c23-20-19(10-14-6-3-5-13-4-1-2-7-16(13)14)27-21(26)22(20)15-8-9-17-18(11-15)25-12-24-17/h1-11H,12H2/b19-10+. The third-order valence-electron chi connectivity index (χ3n) is 4.52. The van der Waals surface area contributed by atoms with Gasteiger partial charge in [-0.05, 0) is 34.5 Å². The van der Waals surface area contributed by atoms with Gasteiger partial charge in [0.1, 0.15) is 0 Å². The third kappa shape index (κ3) is 2.78. The number of carbonyl (C=O) groups excluding carboxylic acids is 1. The lowest BCUT2D eigenvalue weighted by Gasteiger charge is -2.14. The van der Waals surface area contributed by atoms with E-state index in [9.17, 15) is 4.79 Å². The lowest BCUT2D eigenvalue weighted by molar-refractivity contribution is -0.113. The molecule has 0 spiro atoms. The van der Waals surface area contributed by atoms with Gasteiger partial charge in [-0.15, -0.1) is 0 Å². The average molecular weight is 391 g/mol. The Balaban J connectivity index is 1.53. The van der Waals surface area contributed by atoms with E-state index in [-0.39, 0.29) is 12.7 Å². The summed E-state index contributed by atoms with van der Waals surface area (Å²) in [7, 11) is 0. The molecule has 0 saturated carbocycles. The maximum absolute atomic E-state index is 13.0. The number of thioether (sulfide) groups is 1. The van der Waals surface area contributed by atoms with Gasteiger partial charge in [0.2, 0.25) is 6.79 Å². The summed E-state index contributed by atoms with van der Waals surface area (Å²) in [4.78, 5) is 15.2. The molecule has 2 aliphatic rings. The maximum atomic E-state index is 13.0. The molecule has 0 radical (unpaired) electrons. The van der Waals surface area contributed by atoms with Gasteiger partial charge in [-0.3, -0.25) is 9.69 Å². The van der Waals surface area contributed by atoms with Gasteiger partial charge in [0, 0.05) is 6.07 Å². The quantitative estimate of drug-likeness (QED) is 0.455. The highest BCUT2D eigenvalue weighted by molar-refractivity contribution is 8.27. The number of ether oxygens (including phenoxy) is 2. The lowest BCUT2D eigenvalue weighted by Crippen LogP contribution is -2.27. The van der Waals surface area contributed by atoms with Crippen molar-refractivity contribution in [2.45, 2.75) is 0 Å². The second-order valence-electron chi connectivity index (χ2n) is 6.12. The number of hydrogen-bond donors (Lipinski definition) is 0. The first kappa shape index (κ1) is 16.4. The molecular formula is C21H13NO3S2. The number of benzene rings is 3. The minimum Gasteiger partial charge on any atom is -0.454 e. The van der Waals surface area contributed by atoms with Crippen molar-refractivity contribution in [3.05, 3.63) is 71.1 Å². The summed E-state index contributed by atoms with van der Waals surface area (Å²) >= 11 is 6.78. The molecule has 0 bridgehead atoms. The molecule has 5 rings (SSSR count). The molecule has 1 fully saturated rings. The predicted octanol–water partition coefficient (Wildman–Crippen LogP) is 4.97. The van der Waals surface area contributed by atoms with Crippen LogP contribution in [0.3, 0.4) is 0 Å². The SMILES string of the molecule is O=C1/C(=C\c2cccc3ccccc23)SC(=S)N1c1ccc2c(c1)OCO2. The highest BCUT2D eigenvalue weighted by Gasteiger charge is 2.34. The van der Waals surface area contributed by atoms with Crippen molar-refractivity contribution in [3.8, 4) is 11.5 Å². The Labute approximate surface area is 165 Å². The first-order chi connectivity index (χ1) is 13.2. The van der Waals surface area contributed by atoms with E-state index in [4.69, 9.17) is 21.7 Å². The lowest BCUT2D eigenvalue weighted by atomic mass is 10.0. The van der Waals surface area contributed by atoms with Gasteiger partial charge in [0.15, 0.2) is 15.8 Å². The number of thiocarbonyl (C=S) groups is 1. The molecule has 2 heterocycles. The Kier molecular flexibility index (Phi) is 3.88. The Bertz CT molecular complexity index is 1130. The Morgan fingerprint density at radius 1 is 1.00 bits per heavy atom. The second kappa shape index (κ2) is 6.40. The summed E-state index contributed by atoms with van der Waals surface area (Å²) in [5, 5.41) is 2.24. The van der Waals surface area contributed by atoms with Crippen molar-refractivity contribution in [2.75, 3.05) is 11.7 Å². The van der Waals surface area contributed by atoms with Crippen LogP contribution in [0.2, 0.25) is 0 Å². The van der Waals surface area contributed by atoms with Crippen LogP contribution in [-0.2, 0) is 4.79 Å². The highest BCUT2D eigenvalue weighted by atomic mass is 32.2.